The first kappa shape index (κ1) is 13.7. The van der Waals surface area contributed by atoms with Crippen LogP contribution in [-0.2, 0) is 0 Å². The van der Waals surface area contributed by atoms with Gasteiger partial charge >= 0.3 is 0 Å². The van der Waals surface area contributed by atoms with E-state index in [-0.39, 0.29) is 0 Å². The van der Waals surface area contributed by atoms with Crippen molar-refractivity contribution in [3.8, 4) is 0 Å². The number of likely N-dealkylation sites (tertiary alicyclic amines) is 1. The molecule has 1 heterocycles. The Morgan fingerprint density at radius 2 is 1.88 bits per heavy atom. The van der Waals surface area contributed by atoms with Gasteiger partial charge in [-0.2, -0.15) is 12.6 Å². The van der Waals surface area contributed by atoms with Crippen LogP contribution in [0.25, 0.3) is 0 Å². The van der Waals surface area contributed by atoms with Gasteiger partial charge in [-0.1, -0.05) is 26.2 Å². The summed E-state index contributed by atoms with van der Waals surface area (Å²) in [7, 11) is 0. The lowest BCUT2D eigenvalue weighted by Crippen LogP contribution is -2.30. The number of hydrogen-bond acceptors (Lipinski definition) is 2. The molecular formula is C15H29NS. The first-order chi connectivity index (χ1) is 8.24. The Labute approximate surface area is 113 Å². The molecule has 0 N–H and O–H groups in total. The molecule has 1 nitrogen and oxygen atoms in total. The fraction of sp³-hybridized carbons (Fsp3) is 1.00. The minimum atomic E-state index is 0.741. The maximum Gasteiger partial charge on any atom is 0.00385 e. The topological polar surface area (TPSA) is 3.24 Å². The van der Waals surface area contributed by atoms with Gasteiger partial charge in [-0.15, -0.1) is 0 Å². The number of nitrogens with zero attached hydrogens (tertiary/aromatic N) is 1. The summed E-state index contributed by atoms with van der Waals surface area (Å²) in [4.78, 5) is 2.74. The monoisotopic (exact) mass is 255 g/mol. The molecular weight excluding hydrogens is 226 g/mol. The summed E-state index contributed by atoms with van der Waals surface area (Å²) in [6, 6.07) is 0. The highest BCUT2D eigenvalue weighted by atomic mass is 32.1. The molecule has 2 heteroatoms. The maximum absolute atomic E-state index is 4.33. The second-order valence-corrected chi connectivity index (χ2v) is 6.94. The van der Waals surface area contributed by atoms with Crippen molar-refractivity contribution in [3.63, 3.8) is 0 Å². The summed E-state index contributed by atoms with van der Waals surface area (Å²) in [6.45, 7) is 6.48. The predicted octanol–water partition coefficient (Wildman–Crippen LogP) is 3.99. The molecule has 1 aliphatic carbocycles. The van der Waals surface area contributed by atoms with Crippen LogP contribution >= 0.6 is 12.6 Å². The molecule has 1 aliphatic heterocycles. The third kappa shape index (κ3) is 3.89. The molecule has 100 valence electrons. The Morgan fingerprint density at radius 1 is 1.12 bits per heavy atom. The van der Waals surface area contributed by atoms with E-state index in [1.165, 1.54) is 71.0 Å². The minimum Gasteiger partial charge on any atom is -0.303 e. The van der Waals surface area contributed by atoms with E-state index in [0.29, 0.717) is 0 Å². The summed E-state index contributed by atoms with van der Waals surface area (Å²) >= 11 is 4.33. The molecule has 2 rings (SSSR count). The Kier molecular flexibility index (Phi) is 5.23. The summed E-state index contributed by atoms with van der Waals surface area (Å²) in [6.07, 6.45) is 11.6. The fourth-order valence-electron chi connectivity index (χ4n) is 3.70. The van der Waals surface area contributed by atoms with Gasteiger partial charge in [0.1, 0.15) is 0 Å². The van der Waals surface area contributed by atoms with Gasteiger partial charge in [0.15, 0.2) is 0 Å². The highest BCUT2D eigenvalue weighted by Gasteiger charge is 2.38. The van der Waals surface area contributed by atoms with E-state index in [1.807, 2.05) is 0 Å². The van der Waals surface area contributed by atoms with Crippen molar-refractivity contribution >= 4 is 12.6 Å². The standard InChI is InChI=1S/C15H29NS/c1-14(6-12-17)5-10-16-11-9-15(13-16)7-3-2-4-8-15/h14,17H,2-13H2,1H3. The van der Waals surface area contributed by atoms with E-state index in [4.69, 9.17) is 0 Å². The van der Waals surface area contributed by atoms with Crippen LogP contribution < -0.4 is 0 Å². The van der Waals surface area contributed by atoms with Crippen molar-refractivity contribution in [2.75, 3.05) is 25.4 Å². The highest BCUT2D eigenvalue weighted by Crippen LogP contribution is 2.43. The third-order valence-corrected chi connectivity index (χ3v) is 5.25. The van der Waals surface area contributed by atoms with Gasteiger partial charge in [-0.25, -0.2) is 0 Å². The zero-order valence-electron chi connectivity index (χ0n) is 11.5. The van der Waals surface area contributed by atoms with E-state index in [1.54, 1.807) is 0 Å². The van der Waals surface area contributed by atoms with E-state index in [2.05, 4.69) is 24.5 Å². The molecule has 1 atom stereocenters. The summed E-state index contributed by atoms with van der Waals surface area (Å²) in [5.41, 5.74) is 0.741. The first-order valence-corrected chi connectivity index (χ1v) is 8.21. The van der Waals surface area contributed by atoms with Crippen LogP contribution in [0.3, 0.4) is 0 Å². The Morgan fingerprint density at radius 3 is 2.59 bits per heavy atom. The molecule has 2 aliphatic rings. The zero-order valence-corrected chi connectivity index (χ0v) is 12.4. The van der Waals surface area contributed by atoms with E-state index in [9.17, 15) is 0 Å². The first-order valence-electron chi connectivity index (χ1n) is 7.57. The van der Waals surface area contributed by atoms with Crippen molar-refractivity contribution in [2.45, 2.75) is 58.3 Å². The minimum absolute atomic E-state index is 0.741. The molecule has 2 fully saturated rings. The van der Waals surface area contributed by atoms with Gasteiger partial charge in [-0.05, 0) is 62.3 Å². The molecule has 0 radical (unpaired) electrons. The van der Waals surface area contributed by atoms with Gasteiger partial charge in [0.25, 0.3) is 0 Å². The summed E-state index contributed by atoms with van der Waals surface area (Å²) < 4.78 is 0. The second-order valence-electron chi connectivity index (χ2n) is 6.49. The van der Waals surface area contributed by atoms with Crippen LogP contribution in [0.2, 0.25) is 0 Å². The smallest absolute Gasteiger partial charge is 0.00385 e. The fourth-order valence-corrected chi connectivity index (χ4v) is 4.14. The maximum atomic E-state index is 4.33. The molecule has 0 aromatic heterocycles. The zero-order chi connectivity index (χ0) is 12.1. The lowest BCUT2D eigenvalue weighted by atomic mass is 9.73. The van der Waals surface area contributed by atoms with Crippen LogP contribution in [0.4, 0.5) is 0 Å². The van der Waals surface area contributed by atoms with Gasteiger partial charge in [0.2, 0.25) is 0 Å². The van der Waals surface area contributed by atoms with Crippen LogP contribution in [-0.4, -0.2) is 30.3 Å². The van der Waals surface area contributed by atoms with E-state index < -0.39 is 0 Å². The van der Waals surface area contributed by atoms with E-state index in [0.717, 1.165) is 17.1 Å². The molecule has 1 saturated carbocycles. The molecule has 0 amide bonds. The Hall–Kier alpha value is 0.310. The normalized spacial score (nSPS) is 26.5. The molecule has 0 aromatic rings. The predicted molar refractivity (Wildman–Crippen MR) is 78.8 cm³/mol. The van der Waals surface area contributed by atoms with Crippen molar-refractivity contribution in [1.29, 1.82) is 0 Å². The summed E-state index contributed by atoms with van der Waals surface area (Å²) in [5.74, 6) is 1.90. The van der Waals surface area contributed by atoms with Gasteiger partial charge in [0.05, 0.1) is 0 Å². The van der Waals surface area contributed by atoms with Crippen molar-refractivity contribution in [3.05, 3.63) is 0 Å². The molecule has 0 aromatic carbocycles. The van der Waals surface area contributed by atoms with E-state index >= 15 is 0 Å². The van der Waals surface area contributed by atoms with Crippen LogP contribution in [0.15, 0.2) is 0 Å². The largest absolute Gasteiger partial charge is 0.303 e. The Bertz CT molecular complexity index is 223. The quantitative estimate of drug-likeness (QED) is 0.727. The molecule has 1 spiro atoms. The molecule has 1 saturated heterocycles. The molecule has 17 heavy (non-hydrogen) atoms. The van der Waals surface area contributed by atoms with Crippen LogP contribution in [0, 0.1) is 11.3 Å². The Balaban J connectivity index is 1.70. The summed E-state index contributed by atoms with van der Waals surface area (Å²) in [5, 5.41) is 0. The number of thiol groups is 1. The van der Waals surface area contributed by atoms with Crippen molar-refractivity contribution < 1.29 is 0 Å². The van der Waals surface area contributed by atoms with Crippen molar-refractivity contribution in [2.24, 2.45) is 11.3 Å². The molecule has 1 unspecified atom stereocenters. The molecule has 0 bridgehead atoms. The lowest BCUT2D eigenvalue weighted by Gasteiger charge is -2.33. The second kappa shape index (κ2) is 6.47. The highest BCUT2D eigenvalue weighted by molar-refractivity contribution is 7.80. The third-order valence-electron chi connectivity index (χ3n) is 4.99. The van der Waals surface area contributed by atoms with Crippen LogP contribution in [0.1, 0.15) is 58.3 Å². The van der Waals surface area contributed by atoms with Crippen LogP contribution in [0.5, 0.6) is 0 Å². The van der Waals surface area contributed by atoms with Gasteiger partial charge in [-0.3, -0.25) is 0 Å². The average Bonchev–Trinajstić information content (AvgIpc) is 2.71. The number of hydrogen-bond donors (Lipinski definition) is 1. The number of rotatable bonds is 5. The van der Waals surface area contributed by atoms with Gasteiger partial charge < -0.3 is 4.90 Å². The van der Waals surface area contributed by atoms with Crippen molar-refractivity contribution in [1.82, 2.24) is 4.90 Å². The lowest BCUT2D eigenvalue weighted by molar-refractivity contribution is 0.182. The van der Waals surface area contributed by atoms with Gasteiger partial charge in [0, 0.05) is 6.54 Å². The SMILES string of the molecule is CC(CCS)CCN1CCC2(CCCCC2)C1. The average molecular weight is 255 g/mol.